The Labute approximate surface area is 461 Å². The molecule has 0 saturated carbocycles. The molecule has 452 valence electrons. The topological polar surface area (TPSA) is 269 Å². The Hall–Kier alpha value is -1.98. The van der Waals surface area contributed by atoms with Crippen molar-refractivity contribution in [3.05, 3.63) is 0 Å². The van der Waals surface area contributed by atoms with E-state index in [1.807, 2.05) is 0 Å². The number of esters is 4. The van der Waals surface area contributed by atoms with Gasteiger partial charge in [0.05, 0.1) is 26.4 Å². The Morgan fingerprint density at radius 2 is 0.618 bits per heavy atom. The van der Waals surface area contributed by atoms with Crippen molar-refractivity contribution in [2.24, 2.45) is 11.5 Å². The normalized spacial score (nSPS) is 13.7. The number of hydrogen-bond donors (Lipinski definition) is 4. The highest BCUT2D eigenvalue weighted by molar-refractivity contribution is 7.47. The van der Waals surface area contributed by atoms with E-state index in [-0.39, 0.29) is 71.2 Å². The zero-order valence-corrected chi connectivity index (χ0v) is 50.1. The van der Waals surface area contributed by atoms with Crippen LogP contribution in [0.3, 0.4) is 0 Å². The third-order valence-electron chi connectivity index (χ3n) is 12.6. The van der Waals surface area contributed by atoms with Crippen LogP contribution in [0.4, 0.5) is 0 Å². The van der Waals surface area contributed by atoms with E-state index >= 15 is 0 Å². The molecule has 0 aromatic heterocycles. The first-order chi connectivity index (χ1) is 36.7. The fourth-order valence-corrected chi connectivity index (χ4v) is 9.58. The van der Waals surface area contributed by atoms with Gasteiger partial charge in [0.25, 0.3) is 0 Å². The maximum atomic E-state index is 12.6. The second-order valence-electron chi connectivity index (χ2n) is 19.9. The second kappa shape index (κ2) is 56.3. The summed E-state index contributed by atoms with van der Waals surface area (Å²) in [7, 11) is -8.65. The van der Waals surface area contributed by atoms with Crippen molar-refractivity contribution >= 4 is 39.5 Å². The molecule has 18 nitrogen and oxygen atoms in total. The molecule has 0 aromatic rings. The minimum Gasteiger partial charge on any atom is -0.462 e. The van der Waals surface area contributed by atoms with Gasteiger partial charge in [-0.2, -0.15) is 0 Å². The van der Waals surface area contributed by atoms with Gasteiger partial charge in [-0.1, -0.05) is 233 Å². The molecule has 4 unspecified atom stereocenters. The van der Waals surface area contributed by atoms with E-state index in [1.165, 1.54) is 180 Å². The van der Waals surface area contributed by atoms with Crippen LogP contribution in [-0.2, 0) is 65.4 Å². The molecule has 0 radical (unpaired) electrons. The number of carbonyl (C=O) groups excluding carboxylic acids is 4. The number of nitrogens with two attached hydrogens (primary N) is 2. The highest BCUT2D eigenvalue weighted by Crippen LogP contribution is 2.43. The summed E-state index contributed by atoms with van der Waals surface area (Å²) in [5.41, 5.74) is 10.5. The van der Waals surface area contributed by atoms with Crippen molar-refractivity contribution in [1.29, 1.82) is 0 Å². The van der Waals surface area contributed by atoms with Gasteiger partial charge >= 0.3 is 39.5 Å². The lowest BCUT2D eigenvalue weighted by Gasteiger charge is -2.19. The van der Waals surface area contributed by atoms with E-state index in [2.05, 4.69) is 22.9 Å². The number of rotatable bonds is 56. The van der Waals surface area contributed by atoms with Gasteiger partial charge in [-0.25, -0.2) is 9.13 Å². The monoisotopic (exact) mass is 1130 g/mol. The Morgan fingerprint density at radius 3 is 0.908 bits per heavy atom. The smallest absolute Gasteiger partial charge is 0.462 e. The van der Waals surface area contributed by atoms with Gasteiger partial charge in [0.1, 0.15) is 13.2 Å². The van der Waals surface area contributed by atoms with Gasteiger partial charge < -0.3 is 40.2 Å². The molecular weight excluding hydrogens is 1020 g/mol. The van der Waals surface area contributed by atoms with E-state index in [9.17, 15) is 38.1 Å². The molecule has 0 aliphatic heterocycles. The summed E-state index contributed by atoms with van der Waals surface area (Å²) in [5, 5.41) is 0. The Morgan fingerprint density at radius 1 is 0.355 bits per heavy atom. The molecule has 0 rings (SSSR count). The van der Waals surface area contributed by atoms with Gasteiger partial charge in [0, 0.05) is 38.8 Å². The maximum Gasteiger partial charge on any atom is 0.472 e. The van der Waals surface area contributed by atoms with Crippen LogP contribution >= 0.6 is 15.6 Å². The molecule has 0 aromatic carbocycles. The van der Waals surface area contributed by atoms with Crippen LogP contribution in [0, 0.1) is 0 Å². The molecule has 0 aliphatic rings. The number of hydrogen-bond acceptors (Lipinski definition) is 16. The minimum atomic E-state index is -4.37. The number of phosphoric ester groups is 2. The number of ether oxygens (including phenoxy) is 4. The van der Waals surface area contributed by atoms with Crippen molar-refractivity contribution in [1.82, 2.24) is 0 Å². The zero-order valence-electron chi connectivity index (χ0n) is 48.3. The predicted molar refractivity (Wildman–Crippen MR) is 301 cm³/mol. The van der Waals surface area contributed by atoms with E-state index in [0.717, 1.165) is 32.1 Å². The molecule has 0 amide bonds. The highest BCUT2D eigenvalue weighted by Gasteiger charge is 2.27. The lowest BCUT2D eigenvalue weighted by atomic mass is 10.0. The number of carbonyl (C=O) groups is 4. The van der Waals surface area contributed by atoms with Crippen LogP contribution in [0.25, 0.3) is 0 Å². The molecule has 0 fully saturated rings. The molecule has 20 heteroatoms. The first kappa shape index (κ1) is 76.1. The number of phosphoric acid groups is 2. The lowest BCUT2D eigenvalue weighted by Crippen LogP contribution is -2.29. The van der Waals surface area contributed by atoms with E-state index in [4.69, 9.17) is 39.5 Å². The molecule has 4 atom stereocenters. The third-order valence-corrected chi connectivity index (χ3v) is 14.6. The molecule has 6 N–H and O–H groups in total. The van der Waals surface area contributed by atoms with Gasteiger partial charge in [0.15, 0.2) is 12.2 Å². The summed E-state index contributed by atoms with van der Waals surface area (Å²) in [5.74, 6) is -1.85. The second-order valence-corrected chi connectivity index (χ2v) is 22.8. The Bertz CT molecular complexity index is 1450. The van der Waals surface area contributed by atoms with Crippen LogP contribution in [0.15, 0.2) is 0 Å². The summed E-state index contributed by atoms with van der Waals surface area (Å²) in [4.78, 5) is 66.6. The molecule has 0 aliphatic carbocycles. The van der Waals surface area contributed by atoms with Crippen LogP contribution in [0.5, 0.6) is 0 Å². The average Bonchev–Trinajstić information content (AvgIpc) is 3.40. The largest absolute Gasteiger partial charge is 0.472 e. The minimum absolute atomic E-state index is 0.0519. The standard InChI is InChI=1S/C45H90NO8P.C11H22NO8P/c1-3-5-7-9-11-13-15-17-19-21-23-25-27-29-31-33-35-37-44(47)51-41-43(42-53-55(49,50)52-40-39-46)54-45(48)38-36-34-32-30-28-26-24-22-20-18-16-14-12-10-8-6-4-2;1-3-10(13)17-7-9(20-11(14)4-2)8-19-21(15,16)18-6-5-12/h43H,3-42,46H2,1-2H3,(H,49,50);9H,3-8,12H2,1-2H3,(H,15,16). The fraction of sp³-hybridized carbons (Fsp3) is 0.929. The molecule has 0 saturated heterocycles. The van der Waals surface area contributed by atoms with Gasteiger partial charge in [-0.15, -0.1) is 0 Å². The van der Waals surface area contributed by atoms with E-state index < -0.39 is 59.0 Å². The Kier molecular flexibility index (Phi) is 56.4. The average molecular weight is 1130 g/mol. The van der Waals surface area contributed by atoms with Crippen molar-refractivity contribution in [3.8, 4) is 0 Å². The molecule has 0 bridgehead atoms. The summed E-state index contributed by atoms with van der Waals surface area (Å²) >= 11 is 0. The zero-order chi connectivity index (χ0) is 56.6. The molecule has 76 heavy (non-hydrogen) atoms. The van der Waals surface area contributed by atoms with Crippen LogP contribution in [0.1, 0.15) is 272 Å². The van der Waals surface area contributed by atoms with E-state index in [0.29, 0.717) is 6.42 Å². The first-order valence-corrected chi connectivity index (χ1v) is 33.0. The SMILES string of the molecule is CCC(=O)OCC(COP(=O)(O)OCCN)OC(=O)CC.CCCCCCCCCCCCCCCCCCCC(=O)OCC(COP(=O)(O)OCCN)OC(=O)CCCCCCCCCCCCCCCCCCC. The maximum absolute atomic E-state index is 12.6. The quantitative estimate of drug-likeness (QED) is 0.0191. The highest BCUT2D eigenvalue weighted by atomic mass is 31.2. The van der Waals surface area contributed by atoms with Crippen molar-refractivity contribution in [3.63, 3.8) is 0 Å². The fourth-order valence-electron chi connectivity index (χ4n) is 8.05. The third kappa shape index (κ3) is 56.7. The Balaban J connectivity index is 0. The van der Waals surface area contributed by atoms with Crippen LogP contribution in [0.2, 0.25) is 0 Å². The molecular formula is C56H112N2O16P2. The summed E-state index contributed by atoms with van der Waals surface area (Å²) < 4.78 is 63.2. The number of unbranched alkanes of at least 4 members (excludes halogenated alkanes) is 32. The summed E-state index contributed by atoms with van der Waals surface area (Å²) in [6.07, 6.45) is 42.0. The molecule has 0 spiro atoms. The van der Waals surface area contributed by atoms with Crippen molar-refractivity contribution in [2.45, 2.75) is 284 Å². The van der Waals surface area contributed by atoms with Gasteiger partial charge in [-0.3, -0.25) is 37.3 Å². The van der Waals surface area contributed by atoms with Crippen LogP contribution < -0.4 is 11.5 Å². The summed E-state index contributed by atoms with van der Waals surface area (Å²) in [6, 6.07) is 0. The van der Waals surface area contributed by atoms with Crippen LogP contribution in [-0.4, -0.2) is 98.6 Å². The van der Waals surface area contributed by atoms with E-state index in [1.54, 1.807) is 13.8 Å². The van der Waals surface area contributed by atoms with Crippen molar-refractivity contribution < 1.29 is 75.1 Å². The first-order valence-electron chi connectivity index (χ1n) is 30.0. The van der Waals surface area contributed by atoms with Crippen molar-refractivity contribution in [2.75, 3.05) is 52.7 Å². The van der Waals surface area contributed by atoms with Gasteiger partial charge in [-0.05, 0) is 12.8 Å². The van der Waals surface area contributed by atoms with Gasteiger partial charge in [0.2, 0.25) is 0 Å². The summed E-state index contributed by atoms with van der Waals surface area (Å²) in [6.45, 7) is 6.16. The molecule has 0 heterocycles. The predicted octanol–water partition coefficient (Wildman–Crippen LogP) is 14.0. The lowest BCUT2D eigenvalue weighted by molar-refractivity contribution is -0.161.